The Morgan fingerprint density at radius 1 is 1.00 bits per heavy atom. The molecular weight excluding hydrogens is 364 g/mol. The third-order valence-corrected chi connectivity index (χ3v) is 5.06. The quantitative estimate of drug-likeness (QED) is 0.532. The Balaban J connectivity index is 2.09. The lowest BCUT2D eigenvalue weighted by Crippen LogP contribution is -2.25. The Bertz CT molecular complexity index is 1150. The maximum absolute atomic E-state index is 12.9. The summed E-state index contributed by atoms with van der Waals surface area (Å²) in [6.07, 6.45) is 1.41. The molecule has 0 atom stereocenters. The minimum Gasteiger partial charge on any atom is -0.506 e. The zero-order valence-corrected chi connectivity index (χ0v) is 17.8. The number of hydrogen-bond donors (Lipinski definition) is 3. The first kappa shape index (κ1) is 20.6. The normalized spacial score (nSPS) is 12.2. The van der Waals surface area contributed by atoms with Crippen molar-refractivity contribution in [1.82, 2.24) is 4.98 Å². The van der Waals surface area contributed by atoms with Gasteiger partial charge in [-0.3, -0.25) is 9.59 Å². The van der Waals surface area contributed by atoms with Gasteiger partial charge in [0.2, 0.25) is 5.43 Å². The minimum absolute atomic E-state index is 0.00265. The van der Waals surface area contributed by atoms with E-state index in [1.54, 1.807) is 24.3 Å². The fraction of sp³-hybridized carbons (Fsp3) is 0.333. The lowest BCUT2D eigenvalue weighted by molar-refractivity contribution is 0.102. The number of benzene rings is 2. The zero-order valence-electron chi connectivity index (χ0n) is 17.8. The van der Waals surface area contributed by atoms with Gasteiger partial charge in [-0.1, -0.05) is 59.7 Å². The van der Waals surface area contributed by atoms with Crippen molar-refractivity contribution in [2.75, 3.05) is 5.32 Å². The van der Waals surface area contributed by atoms with Crippen molar-refractivity contribution in [1.29, 1.82) is 0 Å². The number of aromatic hydroxyl groups is 1. The molecule has 3 aromatic rings. The molecule has 0 aliphatic rings. The van der Waals surface area contributed by atoms with E-state index in [-0.39, 0.29) is 27.6 Å². The second-order valence-electron chi connectivity index (χ2n) is 9.45. The fourth-order valence-electron chi connectivity index (χ4n) is 3.30. The zero-order chi connectivity index (χ0) is 21.6. The van der Waals surface area contributed by atoms with E-state index in [4.69, 9.17) is 0 Å². The van der Waals surface area contributed by atoms with E-state index < -0.39 is 5.91 Å². The number of aromatic nitrogens is 1. The van der Waals surface area contributed by atoms with E-state index in [0.29, 0.717) is 16.6 Å². The Morgan fingerprint density at radius 2 is 1.66 bits per heavy atom. The summed E-state index contributed by atoms with van der Waals surface area (Å²) in [4.78, 5) is 28.7. The van der Waals surface area contributed by atoms with Gasteiger partial charge in [0.1, 0.15) is 11.3 Å². The molecule has 29 heavy (non-hydrogen) atoms. The van der Waals surface area contributed by atoms with Crippen molar-refractivity contribution in [2.45, 2.75) is 52.4 Å². The van der Waals surface area contributed by atoms with E-state index in [9.17, 15) is 14.7 Å². The number of nitrogens with one attached hydrogen (secondary N) is 2. The van der Waals surface area contributed by atoms with Crippen LogP contribution in [-0.2, 0) is 10.8 Å². The highest BCUT2D eigenvalue weighted by Crippen LogP contribution is 2.40. The molecule has 0 aliphatic carbocycles. The van der Waals surface area contributed by atoms with E-state index in [0.717, 1.165) is 11.1 Å². The number of phenols is 1. The number of aromatic amines is 1. The van der Waals surface area contributed by atoms with E-state index in [1.165, 1.54) is 6.20 Å². The van der Waals surface area contributed by atoms with Gasteiger partial charge in [0.05, 0.1) is 5.69 Å². The summed E-state index contributed by atoms with van der Waals surface area (Å²) in [5.41, 5.74) is 1.97. The summed E-state index contributed by atoms with van der Waals surface area (Å²) < 4.78 is 0. The molecule has 1 aromatic heterocycles. The van der Waals surface area contributed by atoms with Crippen LogP contribution in [0.1, 0.15) is 63.0 Å². The van der Waals surface area contributed by atoms with Crippen LogP contribution in [0, 0.1) is 0 Å². The first-order chi connectivity index (χ1) is 13.4. The molecule has 1 amide bonds. The maximum atomic E-state index is 12.9. The fourth-order valence-corrected chi connectivity index (χ4v) is 3.30. The predicted molar refractivity (Wildman–Crippen MR) is 118 cm³/mol. The summed E-state index contributed by atoms with van der Waals surface area (Å²) in [5.74, 6) is -0.561. The number of rotatable bonds is 2. The van der Waals surface area contributed by atoms with Gasteiger partial charge in [-0.2, -0.15) is 0 Å². The molecule has 0 spiro atoms. The average molecular weight is 392 g/mol. The molecule has 0 unspecified atom stereocenters. The highest BCUT2D eigenvalue weighted by atomic mass is 16.3. The number of carbonyl (C=O) groups is 1. The number of amides is 1. The van der Waals surface area contributed by atoms with Crippen molar-refractivity contribution in [3.05, 3.63) is 69.5 Å². The van der Waals surface area contributed by atoms with Crippen molar-refractivity contribution in [3.63, 3.8) is 0 Å². The molecule has 0 saturated carbocycles. The van der Waals surface area contributed by atoms with Gasteiger partial charge < -0.3 is 15.4 Å². The number of para-hydroxylation sites is 1. The van der Waals surface area contributed by atoms with Crippen LogP contribution in [0.2, 0.25) is 0 Å². The van der Waals surface area contributed by atoms with Crippen LogP contribution in [0.25, 0.3) is 10.9 Å². The van der Waals surface area contributed by atoms with Crippen molar-refractivity contribution in [2.24, 2.45) is 0 Å². The molecule has 0 aliphatic heterocycles. The van der Waals surface area contributed by atoms with Gasteiger partial charge >= 0.3 is 0 Å². The van der Waals surface area contributed by atoms with Crippen molar-refractivity contribution < 1.29 is 9.90 Å². The lowest BCUT2D eigenvalue weighted by Gasteiger charge is -2.28. The maximum Gasteiger partial charge on any atom is 0.261 e. The monoisotopic (exact) mass is 392 g/mol. The van der Waals surface area contributed by atoms with Gasteiger partial charge in [-0.15, -0.1) is 0 Å². The molecule has 0 fully saturated rings. The smallest absolute Gasteiger partial charge is 0.261 e. The van der Waals surface area contributed by atoms with Gasteiger partial charge in [-0.25, -0.2) is 0 Å². The second-order valence-corrected chi connectivity index (χ2v) is 9.45. The van der Waals surface area contributed by atoms with Crippen molar-refractivity contribution >= 4 is 22.5 Å². The summed E-state index contributed by atoms with van der Waals surface area (Å²) in [6, 6.07) is 10.7. The number of hydrogen-bond acceptors (Lipinski definition) is 3. The molecule has 3 rings (SSSR count). The van der Waals surface area contributed by atoms with E-state index in [2.05, 4.69) is 31.1 Å². The molecule has 152 valence electrons. The third-order valence-electron chi connectivity index (χ3n) is 5.06. The molecule has 2 aromatic carbocycles. The molecule has 1 heterocycles. The first-order valence-electron chi connectivity index (χ1n) is 9.69. The molecule has 0 bridgehead atoms. The Hall–Kier alpha value is -3.08. The Morgan fingerprint density at radius 3 is 2.28 bits per heavy atom. The third kappa shape index (κ3) is 4.04. The molecule has 0 radical (unpaired) electrons. The number of anilines is 1. The Labute approximate surface area is 170 Å². The summed E-state index contributed by atoms with van der Waals surface area (Å²) in [6.45, 7) is 12.3. The van der Waals surface area contributed by atoms with Crippen LogP contribution in [0.5, 0.6) is 5.75 Å². The lowest BCUT2D eigenvalue weighted by atomic mass is 9.79. The summed E-state index contributed by atoms with van der Waals surface area (Å²) in [5, 5.41) is 14.0. The van der Waals surface area contributed by atoms with Crippen LogP contribution >= 0.6 is 0 Å². The molecule has 0 saturated heterocycles. The van der Waals surface area contributed by atoms with E-state index in [1.807, 2.05) is 32.9 Å². The standard InChI is InChI=1S/C24H28N2O3/c1-23(2,3)14-11-17(24(4,5)6)20(19(27)12-14)26-22(29)16-13-25-18-10-8-7-9-15(18)21(16)28/h7-13,27H,1-6H3,(H,25,28)(H,26,29). The predicted octanol–water partition coefficient (Wildman–Crippen LogP) is 5.08. The SMILES string of the molecule is CC(C)(C)c1cc(O)c(NC(=O)c2c[nH]c3ccccc3c2=O)c(C(C)(C)C)c1. The van der Waals surface area contributed by atoms with Crippen molar-refractivity contribution in [3.8, 4) is 5.75 Å². The number of fused-ring (bicyclic) bond motifs is 1. The number of H-pyrrole nitrogens is 1. The van der Waals surface area contributed by atoms with Crippen LogP contribution in [0.3, 0.4) is 0 Å². The van der Waals surface area contributed by atoms with Crippen LogP contribution in [-0.4, -0.2) is 16.0 Å². The molecule has 3 N–H and O–H groups in total. The highest BCUT2D eigenvalue weighted by Gasteiger charge is 2.26. The highest BCUT2D eigenvalue weighted by molar-refractivity contribution is 6.06. The molecule has 5 nitrogen and oxygen atoms in total. The topological polar surface area (TPSA) is 82.2 Å². The first-order valence-corrected chi connectivity index (χ1v) is 9.69. The van der Waals surface area contributed by atoms with Gasteiger partial charge in [-0.05, 0) is 40.2 Å². The number of pyridine rings is 1. The number of phenolic OH excluding ortho intramolecular Hbond substituents is 1. The molecule has 5 heteroatoms. The van der Waals surface area contributed by atoms with E-state index >= 15 is 0 Å². The average Bonchev–Trinajstić information content (AvgIpc) is 2.61. The van der Waals surface area contributed by atoms with Crippen LogP contribution < -0.4 is 10.7 Å². The second kappa shape index (κ2) is 7.07. The minimum atomic E-state index is -0.554. The summed E-state index contributed by atoms with van der Waals surface area (Å²) >= 11 is 0. The summed E-state index contributed by atoms with van der Waals surface area (Å²) in [7, 11) is 0. The largest absolute Gasteiger partial charge is 0.506 e. The number of carbonyl (C=O) groups excluding carboxylic acids is 1. The van der Waals surface area contributed by atoms with Crippen LogP contribution in [0.15, 0.2) is 47.4 Å². The Kier molecular flexibility index (Phi) is 5.03. The van der Waals surface area contributed by atoms with Gasteiger partial charge in [0, 0.05) is 17.1 Å². The van der Waals surface area contributed by atoms with Gasteiger partial charge in [0.15, 0.2) is 0 Å². The molecular formula is C24H28N2O3. The van der Waals surface area contributed by atoms with Crippen LogP contribution in [0.4, 0.5) is 5.69 Å². The van der Waals surface area contributed by atoms with Gasteiger partial charge in [0.25, 0.3) is 5.91 Å².